The molecule has 0 aliphatic carbocycles. The van der Waals surface area contributed by atoms with E-state index in [9.17, 15) is 13.2 Å². The van der Waals surface area contributed by atoms with Crippen LogP contribution >= 0.6 is 0 Å². The van der Waals surface area contributed by atoms with Gasteiger partial charge in [0.2, 0.25) is 21.8 Å². The Morgan fingerprint density at radius 2 is 1.79 bits per heavy atom. The fraction of sp³-hybridized carbons (Fsp3) is 0.316. The number of methoxy groups -OCH3 is 1. The van der Waals surface area contributed by atoms with Crippen molar-refractivity contribution < 1.29 is 17.6 Å². The van der Waals surface area contributed by atoms with Crippen molar-refractivity contribution >= 4 is 10.0 Å². The first kappa shape index (κ1) is 19.3. The second-order valence-corrected chi connectivity index (χ2v) is 8.61. The fourth-order valence-corrected chi connectivity index (χ4v) is 4.71. The lowest BCUT2D eigenvalue weighted by atomic mass is 10.2. The average Bonchev–Trinajstić information content (AvgIpc) is 3.42. The average molecular weight is 416 g/mol. The fourth-order valence-electron chi connectivity index (χ4n) is 3.18. The van der Waals surface area contributed by atoms with E-state index in [4.69, 9.17) is 9.15 Å². The minimum Gasteiger partial charge on any atom is -0.497 e. The highest BCUT2D eigenvalue weighted by Crippen LogP contribution is 2.22. The van der Waals surface area contributed by atoms with E-state index in [1.807, 2.05) is 0 Å². The molecule has 9 nitrogen and oxygen atoms in total. The first-order valence-electron chi connectivity index (χ1n) is 9.15. The molecule has 0 unspecified atom stereocenters. The molecule has 2 aromatic heterocycles. The number of nitrogens with zero attached hydrogens (tertiary/aromatic N) is 4. The maximum atomic E-state index is 12.7. The van der Waals surface area contributed by atoms with Gasteiger partial charge in [0.05, 0.1) is 12.0 Å². The van der Waals surface area contributed by atoms with E-state index >= 15 is 0 Å². The maximum Gasteiger partial charge on any atom is 0.251 e. The molecule has 3 aromatic rings. The van der Waals surface area contributed by atoms with Gasteiger partial charge in [-0.3, -0.25) is 4.79 Å². The molecular weight excluding hydrogens is 396 g/mol. The lowest BCUT2D eigenvalue weighted by Gasteiger charge is -2.16. The van der Waals surface area contributed by atoms with Crippen LogP contribution < -0.4 is 10.3 Å². The van der Waals surface area contributed by atoms with Crippen LogP contribution in [0.5, 0.6) is 5.75 Å². The molecule has 0 radical (unpaired) electrons. The summed E-state index contributed by atoms with van der Waals surface area (Å²) in [5, 5.41) is 7.98. The van der Waals surface area contributed by atoms with Crippen LogP contribution in [0.3, 0.4) is 0 Å². The van der Waals surface area contributed by atoms with Crippen molar-refractivity contribution in [3.63, 3.8) is 0 Å². The van der Waals surface area contributed by atoms with Crippen molar-refractivity contribution in [1.29, 1.82) is 0 Å². The van der Waals surface area contributed by atoms with Gasteiger partial charge in [-0.2, -0.15) is 4.31 Å². The van der Waals surface area contributed by atoms with Gasteiger partial charge < -0.3 is 13.7 Å². The Hall–Kier alpha value is -2.98. The van der Waals surface area contributed by atoms with Gasteiger partial charge in [-0.15, -0.1) is 10.2 Å². The molecule has 4 rings (SSSR count). The first-order chi connectivity index (χ1) is 14.0. The van der Waals surface area contributed by atoms with E-state index in [1.165, 1.54) is 27.2 Å². The molecule has 1 saturated heterocycles. The quantitative estimate of drug-likeness (QED) is 0.602. The van der Waals surface area contributed by atoms with Gasteiger partial charge in [0.1, 0.15) is 12.3 Å². The summed E-state index contributed by atoms with van der Waals surface area (Å²) in [4.78, 5) is 12.3. The van der Waals surface area contributed by atoms with Crippen molar-refractivity contribution in [3.05, 3.63) is 58.8 Å². The normalized spacial score (nSPS) is 14.9. The molecule has 152 valence electrons. The molecule has 1 aliphatic rings. The molecule has 0 saturated carbocycles. The van der Waals surface area contributed by atoms with Crippen molar-refractivity contribution in [1.82, 2.24) is 19.1 Å². The predicted molar refractivity (Wildman–Crippen MR) is 104 cm³/mol. The number of ether oxygens (including phenoxy) is 1. The smallest absolute Gasteiger partial charge is 0.251 e. The summed E-state index contributed by atoms with van der Waals surface area (Å²) in [5.41, 5.74) is 0.358. The summed E-state index contributed by atoms with van der Waals surface area (Å²) in [5.74, 6) is 1.21. The van der Waals surface area contributed by atoms with Crippen molar-refractivity contribution in [3.8, 4) is 17.2 Å². The molecule has 0 N–H and O–H groups in total. The van der Waals surface area contributed by atoms with Gasteiger partial charge >= 0.3 is 0 Å². The second-order valence-electron chi connectivity index (χ2n) is 6.67. The number of sulfonamides is 1. The van der Waals surface area contributed by atoms with Gasteiger partial charge in [-0.1, -0.05) is 0 Å². The predicted octanol–water partition coefficient (Wildman–Crippen LogP) is 1.74. The minimum absolute atomic E-state index is 0.0225. The highest BCUT2D eigenvalue weighted by Gasteiger charge is 2.27. The van der Waals surface area contributed by atoms with E-state index < -0.39 is 10.0 Å². The number of benzene rings is 1. The van der Waals surface area contributed by atoms with Crippen LogP contribution in [0.2, 0.25) is 0 Å². The minimum atomic E-state index is -3.62. The maximum absolute atomic E-state index is 12.7. The molecule has 3 heterocycles. The van der Waals surface area contributed by atoms with Crippen LogP contribution in [0.1, 0.15) is 18.7 Å². The summed E-state index contributed by atoms with van der Waals surface area (Å²) in [7, 11) is -2.04. The van der Waals surface area contributed by atoms with Crippen LogP contribution in [-0.4, -0.2) is 47.7 Å². The van der Waals surface area contributed by atoms with Crippen LogP contribution in [-0.2, 0) is 16.6 Å². The molecule has 1 fully saturated rings. The first-order valence-corrected chi connectivity index (χ1v) is 10.6. The molecular formula is C19H20N4O5S. The summed E-state index contributed by atoms with van der Waals surface area (Å²) in [6.45, 7) is 0.970. The molecule has 10 heteroatoms. The van der Waals surface area contributed by atoms with Gasteiger partial charge in [0, 0.05) is 30.9 Å². The standard InChI is InChI=1S/C19H20N4O5S/c1-27-15-6-4-14(5-7-15)19-21-20-17(28-19)13-22-12-16(8-9-18(22)24)29(25,26)23-10-2-3-11-23/h4-9,12H,2-3,10-11,13H2,1H3. The molecule has 1 aliphatic heterocycles. The Balaban J connectivity index is 1.58. The zero-order chi connectivity index (χ0) is 20.4. The molecule has 0 spiro atoms. The van der Waals surface area contributed by atoms with E-state index in [1.54, 1.807) is 31.4 Å². The summed E-state index contributed by atoms with van der Waals surface area (Å²) >= 11 is 0. The van der Waals surface area contributed by atoms with Crippen LogP contribution in [0.15, 0.2) is 56.7 Å². The molecule has 0 amide bonds. The topological polar surface area (TPSA) is 108 Å². The number of hydrogen-bond donors (Lipinski definition) is 0. The molecule has 0 atom stereocenters. The zero-order valence-electron chi connectivity index (χ0n) is 15.8. The lowest BCUT2D eigenvalue weighted by molar-refractivity contribution is 0.415. The number of rotatable bonds is 6. The summed E-state index contributed by atoms with van der Waals surface area (Å²) in [6, 6.07) is 9.69. The third-order valence-electron chi connectivity index (χ3n) is 4.77. The number of aromatic nitrogens is 3. The van der Waals surface area contributed by atoms with Crippen molar-refractivity contribution in [2.75, 3.05) is 20.2 Å². The van der Waals surface area contributed by atoms with E-state index in [0.717, 1.165) is 12.8 Å². The molecule has 29 heavy (non-hydrogen) atoms. The van der Waals surface area contributed by atoms with Gasteiger partial charge in [0.15, 0.2) is 0 Å². The van der Waals surface area contributed by atoms with Crippen molar-refractivity contribution in [2.24, 2.45) is 0 Å². The van der Waals surface area contributed by atoms with Gasteiger partial charge in [-0.25, -0.2) is 8.42 Å². The largest absolute Gasteiger partial charge is 0.497 e. The van der Waals surface area contributed by atoms with Gasteiger partial charge in [-0.05, 0) is 43.2 Å². The Kier molecular flexibility index (Phi) is 5.20. The van der Waals surface area contributed by atoms with Crippen molar-refractivity contribution in [2.45, 2.75) is 24.3 Å². The molecule has 0 bridgehead atoms. The van der Waals surface area contributed by atoms with Gasteiger partial charge in [0.25, 0.3) is 5.56 Å². The monoisotopic (exact) mass is 416 g/mol. The summed E-state index contributed by atoms with van der Waals surface area (Å²) < 4.78 is 38.9. The van der Waals surface area contributed by atoms with Crippen LogP contribution in [0.25, 0.3) is 11.5 Å². The SMILES string of the molecule is COc1ccc(-c2nnc(Cn3cc(S(=O)(=O)N4CCCC4)ccc3=O)o2)cc1. The summed E-state index contributed by atoms with van der Waals surface area (Å²) in [6.07, 6.45) is 3.01. The lowest BCUT2D eigenvalue weighted by Crippen LogP contribution is -2.29. The highest BCUT2D eigenvalue weighted by molar-refractivity contribution is 7.89. The Labute approximate surface area is 167 Å². The Morgan fingerprint density at radius 1 is 1.07 bits per heavy atom. The molecule has 1 aromatic carbocycles. The van der Waals surface area contributed by atoms with E-state index in [-0.39, 0.29) is 22.9 Å². The Bertz CT molecular complexity index is 1160. The highest BCUT2D eigenvalue weighted by atomic mass is 32.2. The van der Waals surface area contributed by atoms with E-state index in [0.29, 0.717) is 30.3 Å². The van der Waals surface area contributed by atoms with Crippen LogP contribution in [0, 0.1) is 0 Å². The van der Waals surface area contributed by atoms with E-state index in [2.05, 4.69) is 10.2 Å². The number of hydrogen-bond acceptors (Lipinski definition) is 7. The van der Waals surface area contributed by atoms with Crippen LogP contribution in [0.4, 0.5) is 0 Å². The third kappa shape index (κ3) is 3.94. The second kappa shape index (κ2) is 7.80. The third-order valence-corrected chi connectivity index (χ3v) is 6.65. The zero-order valence-corrected chi connectivity index (χ0v) is 16.6. The Morgan fingerprint density at radius 3 is 2.48 bits per heavy atom. The number of pyridine rings is 1.